The Morgan fingerprint density at radius 2 is 2.15 bits per heavy atom. The zero-order valence-electron chi connectivity index (χ0n) is 12.8. The lowest BCUT2D eigenvalue weighted by Gasteiger charge is -2.38. The Labute approximate surface area is 121 Å². The van der Waals surface area contributed by atoms with Crippen LogP contribution in [0.4, 0.5) is 5.82 Å². The largest absolute Gasteiger partial charge is 0.368 e. The van der Waals surface area contributed by atoms with Gasteiger partial charge in [-0.2, -0.15) is 0 Å². The molecule has 20 heavy (non-hydrogen) atoms. The summed E-state index contributed by atoms with van der Waals surface area (Å²) in [5, 5.41) is 3.23. The van der Waals surface area contributed by atoms with Crippen LogP contribution in [0.3, 0.4) is 0 Å². The van der Waals surface area contributed by atoms with Gasteiger partial charge in [-0.15, -0.1) is 0 Å². The first-order chi connectivity index (χ1) is 9.47. The van der Waals surface area contributed by atoms with Gasteiger partial charge in [0, 0.05) is 31.7 Å². The van der Waals surface area contributed by atoms with Crippen LogP contribution in [-0.2, 0) is 0 Å². The van der Waals surface area contributed by atoms with Crippen LogP contribution in [0, 0.1) is 0 Å². The Balaban J connectivity index is 2.12. The van der Waals surface area contributed by atoms with Crippen LogP contribution in [0.5, 0.6) is 0 Å². The van der Waals surface area contributed by atoms with E-state index in [0.717, 1.165) is 25.5 Å². The summed E-state index contributed by atoms with van der Waals surface area (Å²) >= 11 is 0. The second-order valence-corrected chi connectivity index (χ2v) is 5.82. The van der Waals surface area contributed by atoms with Gasteiger partial charge < -0.3 is 15.1 Å². The van der Waals surface area contributed by atoms with Crippen molar-refractivity contribution in [3.8, 4) is 0 Å². The van der Waals surface area contributed by atoms with Gasteiger partial charge in [0.2, 0.25) is 0 Å². The minimum absolute atomic E-state index is 0.0259. The Kier molecular flexibility index (Phi) is 4.60. The van der Waals surface area contributed by atoms with E-state index in [-0.39, 0.29) is 11.9 Å². The average Bonchev–Trinajstić information content (AvgIpc) is 2.37. The fourth-order valence-corrected chi connectivity index (χ4v) is 2.52. The average molecular weight is 276 g/mol. The summed E-state index contributed by atoms with van der Waals surface area (Å²) in [6.07, 6.45) is 0. The first-order valence-electron chi connectivity index (χ1n) is 7.20. The molecule has 0 bridgehead atoms. The second kappa shape index (κ2) is 6.22. The SMILES string of the molecule is CC(C)Nc1cccc(C(=O)N2CCN(C)CC2C)n1. The highest BCUT2D eigenvalue weighted by atomic mass is 16.2. The normalized spacial score (nSPS) is 20.2. The van der Waals surface area contributed by atoms with Crippen molar-refractivity contribution in [3.63, 3.8) is 0 Å². The highest BCUT2D eigenvalue weighted by molar-refractivity contribution is 5.93. The standard InChI is InChI=1S/C15H24N4O/c1-11(2)16-14-7-5-6-13(17-14)15(20)19-9-8-18(4)10-12(19)3/h5-7,11-12H,8-10H2,1-4H3,(H,16,17). The molecule has 0 radical (unpaired) electrons. The maximum absolute atomic E-state index is 12.6. The van der Waals surface area contributed by atoms with E-state index in [4.69, 9.17) is 0 Å². The Hall–Kier alpha value is -1.62. The number of hydrogen-bond donors (Lipinski definition) is 1. The van der Waals surface area contributed by atoms with E-state index in [1.165, 1.54) is 0 Å². The van der Waals surface area contributed by atoms with E-state index in [1.54, 1.807) is 6.07 Å². The van der Waals surface area contributed by atoms with E-state index in [9.17, 15) is 4.79 Å². The van der Waals surface area contributed by atoms with Crippen molar-refractivity contribution in [1.29, 1.82) is 0 Å². The molecule has 1 fully saturated rings. The summed E-state index contributed by atoms with van der Waals surface area (Å²) in [5.41, 5.74) is 0.520. The monoisotopic (exact) mass is 276 g/mol. The molecule has 0 saturated carbocycles. The Morgan fingerprint density at radius 1 is 1.40 bits per heavy atom. The summed E-state index contributed by atoms with van der Waals surface area (Å²) in [5.74, 6) is 0.783. The van der Waals surface area contributed by atoms with Crippen molar-refractivity contribution in [1.82, 2.24) is 14.8 Å². The first-order valence-corrected chi connectivity index (χ1v) is 7.20. The van der Waals surface area contributed by atoms with Crippen molar-refractivity contribution >= 4 is 11.7 Å². The van der Waals surface area contributed by atoms with Crippen LogP contribution in [-0.4, -0.2) is 59.5 Å². The molecule has 0 aromatic carbocycles. The molecule has 1 aromatic rings. The Bertz CT molecular complexity index is 475. The lowest BCUT2D eigenvalue weighted by atomic mass is 10.1. The number of aromatic nitrogens is 1. The van der Waals surface area contributed by atoms with E-state index >= 15 is 0 Å². The zero-order valence-corrected chi connectivity index (χ0v) is 12.8. The molecular formula is C15H24N4O. The van der Waals surface area contributed by atoms with Gasteiger partial charge in [0.1, 0.15) is 11.5 Å². The predicted octanol–water partition coefficient (Wildman–Crippen LogP) is 1.68. The summed E-state index contributed by atoms with van der Waals surface area (Å²) in [7, 11) is 2.09. The zero-order chi connectivity index (χ0) is 14.7. The minimum atomic E-state index is 0.0259. The smallest absolute Gasteiger partial charge is 0.272 e. The number of likely N-dealkylation sites (N-methyl/N-ethyl adjacent to an activating group) is 1. The Morgan fingerprint density at radius 3 is 2.80 bits per heavy atom. The van der Waals surface area contributed by atoms with Crippen LogP contribution in [0.15, 0.2) is 18.2 Å². The number of amides is 1. The molecule has 1 N–H and O–H groups in total. The van der Waals surface area contributed by atoms with Gasteiger partial charge in [-0.3, -0.25) is 4.79 Å². The van der Waals surface area contributed by atoms with Gasteiger partial charge in [0.05, 0.1) is 0 Å². The topological polar surface area (TPSA) is 48.5 Å². The molecule has 110 valence electrons. The molecule has 1 aliphatic heterocycles. The summed E-state index contributed by atoms with van der Waals surface area (Å²) in [6.45, 7) is 8.79. The molecule has 2 rings (SSSR count). The van der Waals surface area contributed by atoms with Crippen LogP contribution in [0.1, 0.15) is 31.3 Å². The van der Waals surface area contributed by atoms with Gasteiger partial charge in [0.15, 0.2) is 0 Å². The fourth-order valence-electron chi connectivity index (χ4n) is 2.52. The number of nitrogens with zero attached hydrogens (tertiary/aromatic N) is 3. The summed E-state index contributed by atoms with van der Waals surface area (Å²) in [6, 6.07) is 6.09. The highest BCUT2D eigenvalue weighted by Crippen LogP contribution is 2.14. The van der Waals surface area contributed by atoms with Crippen molar-refractivity contribution < 1.29 is 4.79 Å². The van der Waals surface area contributed by atoms with E-state index in [2.05, 4.69) is 43.0 Å². The summed E-state index contributed by atoms with van der Waals surface area (Å²) < 4.78 is 0. The molecule has 1 aromatic heterocycles. The van der Waals surface area contributed by atoms with Crippen molar-refractivity contribution in [2.45, 2.75) is 32.9 Å². The van der Waals surface area contributed by atoms with E-state index < -0.39 is 0 Å². The van der Waals surface area contributed by atoms with Crippen molar-refractivity contribution in [3.05, 3.63) is 23.9 Å². The van der Waals surface area contributed by atoms with E-state index in [1.807, 2.05) is 17.0 Å². The highest BCUT2D eigenvalue weighted by Gasteiger charge is 2.27. The third-order valence-electron chi connectivity index (χ3n) is 3.50. The van der Waals surface area contributed by atoms with Crippen molar-refractivity contribution in [2.75, 3.05) is 32.0 Å². The van der Waals surface area contributed by atoms with Gasteiger partial charge in [-0.25, -0.2) is 4.98 Å². The molecular weight excluding hydrogens is 252 g/mol. The van der Waals surface area contributed by atoms with Crippen LogP contribution in [0.2, 0.25) is 0 Å². The molecule has 1 atom stereocenters. The molecule has 0 aliphatic carbocycles. The molecule has 1 unspecified atom stereocenters. The number of carbonyl (C=O) groups is 1. The van der Waals surface area contributed by atoms with Crippen LogP contribution in [0.25, 0.3) is 0 Å². The van der Waals surface area contributed by atoms with Gasteiger partial charge >= 0.3 is 0 Å². The third kappa shape index (κ3) is 3.48. The maximum atomic E-state index is 12.6. The third-order valence-corrected chi connectivity index (χ3v) is 3.50. The van der Waals surface area contributed by atoms with Crippen LogP contribution >= 0.6 is 0 Å². The van der Waals surface area contributed by atoms with Gasteiger partial charge in [-0.1, -0.05) is 6.07 Å². The number of anilines is 1. The first kappa shape index (κ1) is 14.8. The molecule has 1 saturated heterocycles. The minimum Gasteiger partial charge on any atom is -0.368 e. The lowest BCUT2D eigenvalue weighted by molar-refractivity contribution is 0.0528. The van der Waals surface area contributed by atoms with E-state index in [0.29, 0.717) is 11.7 Å². The number of piperazine rings is 1. The fraction of sp³-hybridized carbons (Fsp3) is 0.600. The molecule has 1 aliphatic rings. The number of carbonyl (C=O) groups excluding carboxylic acids is 1. The number of pyridine rings is 1. The van der Waals surface area contributed by atoms with Gasteiger partial charge in [-0.05, 0) is 40.0 Å². The molecule has 5 heteroatoms. The quantitative estimate of drug-likeness (QED) is 0.912. The number of nitrogens with one attached hydrogen (secondary N) is 1. The predicted molar refractivity (Wildman–Crippen MR) is 81.0 cm³/mol. The molecule has 0 spiro atoms. The van der Waals surface area contributed by atoms with Gasteiger partial charge in [0.25, 0.3) is 5.91 Å². The molecule has 5 nitrogen and oxygen atoms in total. The number of hydrogen-bond acceptors (Lipinski definition) is 4. The molecule has 1 amide bonds. The van der Waals surface area contributed by atoms with Crippen molar-refractivity contribution in [2.24, 2.45) is 0 Å². The maximum Gasteiger partial charge on any atom is 0.272 e. The summed E-state index contributed by atoms with van der Waals surface area (Å²) in [4.78, 5) is 21.2. The second-order valence-electron chi connectivity index (χ2n) is 5.82. The van der Waals surface area contributed by atoms with Crippen LogP contribution < -0.4 is 5.32 Å². The number of rotatable bonds is 3. The lowest BCUT2D eigenvalue weighted by Crippen LogP contribution is -2.52. The molecule has 2 heterocycles.